The minimum atomic E-state index is 0.112. The summed E-state index contributed by atoms with van der Waals surface area (Å²) in [5, 5.41) is 0. The van der Waals surface area contributed by atoms with Gasteiger partial charge in [-0.15, -0.1) is 0 Å². The third kappa shape index (κ3) is 5.05. The largest absolute Gasteiger partial charge is 0.493 e. The van der Waals surface area contributed by atoms with Gasteiger partial charge < -0.3 is 4.74 Å². The minimum Gasteiger partial charge on any atom is -0.493 e. The summed E-state index contributed by atoms with van der Waals surface area (Å²) in [6, 6.07) is 0. The van der Waals surface area contributed by atoms with Crippen LogP contribution in [0, 0.1) is 0 Å². The summed E-state index contributed by atoms with van der Waals surface area (Å²) < 4.78 is 5.80. The lowest BCUT2D eigenvalue weighted by Gasteiger charge is -2.23. The van der Waals surface area contributed by atoms with Crippen molar-refractivity contribution in [2.24, 2.45) is 0 Å². The minimum absolute atomic E-state index is 0.112. The van der Waals surface area contributed by atoms with E-state index < -0.39 is 0 Å². The summed E-state index contributed by atoms with van der Waals surface area (Å²) in [6.45, 7) is 8.41. The van der Waals surface area contributed by atoms with Crippen LogP contribution in [0.1, 0.15) is 78.1 Å². The fraction of sp³-hybridized carbons (Fsp3) is 0.867. The maximum Gasteiger partial charge on any atom is 0.106 e. The van der Waals surface area contributed by atoms with Crippen molar-refractivity contribution in [1.29, 1.82) is 0 Å². The van der Waals surface area contributed by atoms with Crippen LogP contribution in [0.5, 0.6) is 0 Å². The van der Waals surface area contributed by atoms with Crippen LogP contribution in [-0.4, -0.2) is 5.60 Å². The van der Waals surface area contributed by atoms with E-state index in [1.807, 2.05) is 0 Å². The van der Waals surface area contributed by atoms with E-state index in [0.717, 1.165) is 12.2 Å². The van der Waals surface area contributed by atoms with E-state index in [0.29, 0.717) is 0 Å². The molecule has 0 radical (unpaired) electrons. The Morgan fingerprint density at radius 2 is 1.75 bits per heavy atom. The molecule has 0 aliphatic carbocycles. The second kappa shape index (κ2) is 6.98. The molecule has 16 heavy (non-hydrogen) atoms. The molecule has 94 valence electrons. The van der Waals surface area contributed by atoms with Gasteiger partial charge in [0.2, 0.25) is 0 Å². The second-order valence-electron chi connectivity index (χ2n) is 5.46. The van der Waals surface area contributed by atoms with Gasteiger partial charge in [-0.05, 0) is 26.2 Å². The molecule has 0 bridgehead atoms. The Labute approximate surface area is 101 Å². The van der Waals surface area contributed by atoms with Crippen LogP contribution in [0.2, 0.25) is 0 Å². The molecule has 1 aliphatic rings. The average molecular weight is 224 g/mol. The van der Waals surface area contributed by atoms with E-state index in [2.05, 4.69) is 20.4 Å². The number of hydrogen-bond donors (Lipinski definition) is 0. The molecular weight excluding hydrogens is 196 g/mol. The van der Waals surface area contributed by atoms with Crippen LogP contribution in [0.25, 0.3) is 0 Å². The summed E-state index contributed by atoms with van der Waals surface area (Å²) in [4.78, 5) is 0. The summed E-state index contributed by atoms with van der Waals surface area (Å²) in [6.07, 6.45) is 13.1. The molecule has 1 saturated heterocycles. The van der Waals surface area contributed by atoms with Crippen LogP contribution in [-0.2, 0) is 4.74 Å². The molecule has 1 aliphatic heterocycles. The van der Waals surface area contributed by atoms with E-state index in [-0.39, 0.29) is 5.60 Å². The van der Waals surface area contributed by atoms with Gasteiger partial charge in [0.1, 0.15) is 5.60 Å². The fourth-order valence-corrected chi connectivity index (χ4v) is 2.49. The van der Waals surface area contributed by atoms with Gasteiger partial charge in [-0.1, -0.05) is 52.0 Å². The number of ether oxygens (including phenoxy) is 1. The Morgan fingerprint density at radius 3 is 2.31 bits per heavy atom. The predicted molar refractivity (Wildman–Crippen MR) is 70.5 cm³/mol. The van der Waals surface area contributed by atoms with Crippen LogP contribution in [0.3, 0.4) is 0 Å². The first-order chi connectivity index (χ1) is 7.66. The van der Waals surface area contributed by atoms with E-state index >= 15 is 0 Å². The van der Waals surface area contributed by atoms with Crippen molar-refractivity contribution in [3.8, 4) is 0 Å². The number of rotatable bonds is 8. The Bertz CT molecular complexity index is 209. The molecule has 1 fully saturated rings. The third-order valence-corrected chi connectivity index (χ3v) is 3.63. The maximum absolute atomic E-state index is 5.80. The zero-order chi connectivity index (χ0) is 11.9. The van der Waals surface area contributed by atoms with Gasteiger partial charge in [0, 0.05) is 6.42 Å². The molecule has 1 unspecified atom stereocenters. The van der Waals surface area contributed by atoms with Gasteiger partial charge in [-0.25, -0.2) is 0 Å². The standard InChI is InChI=1S/C15H28O/c1-4-5-6-7-8-9-10-12-15(3)13-11-14(2)16-15/h2,4-13H2,1,3H3. The zero-order valence-electron chi connectivity index (χ0n) is 11.2. The van der Waals surface area contributed by atoms with Crippen molar-refractivity contribution in [3.63, 3.8) is 0 Å². The summed E-state index contributed by atoms with van der Waals surface area (Å²) >= 11 is 0. The lowest BCUT2D eigenvalue weighted by Crippen LogP contribution is -2.21. The molecule has 1 rings (SSSR count). The quantitative estimate of drug-likeness (QED) is 0.514. The van der Waals surface area contributed by atoms with Gasteiger partial charge in [-0.2, -0.15) is 0 Å². The molecule has 1 heterocycles. The molecule has 0 aromatic rings. The Balaban J connectivity index is 1.96. The van der Waals surface area contributed by atoms with Crippen LogP contribution < -0.4 is 0 Å². The van der Waals surface area contributed by atoms with Crippen molar-refractivity contribution >= 4 is 0 Å². The topological polar surface area (TPSA) is 9.23 Å². The number of unbranched alkanes of at least 4 members (excludes halogenated alkanes) is 6. The smallest absolute Gasteiger partial charge is 0.106 e. The number of allylic oxidation sites excluding steroid dienone is 1. The molecule has 0 amide bonds. The molecule has 0 saturated carbocycles. The Morgan fingerprint density at radius 1 is 1.12 bits per heavy atom. The van der Waals surface area contributed by atoms with Crippen molar-refractivity contribution in [2.75, 3.05) is 0 Å². The Hall–Kier alpha value is -0.460. The molecule has 1 atom stereocenters. The fourth-order valence-electron chi connectivity index (χ4n) is 2.49. The first-order valence-corrected chi connectivity index (χ1v) is 7.03. The van der Waals surface area contributed by atoms with Gasteiger partial charge in [0.15, 0.2) is 0 Å². The van der Waals surface area contributed by atoms with E-state index in [1.165, 1.54) is 57.8 Å². The maximum atomic E-state index is 5.80. The normalized spacial score (nSPS) is 24.8. The van der Waals surface area contributed by atoms with Crippen molar-refractivity contribution < 1.29 is 4.74 Å². The lowest BCUT2D eigenvalue weighted by atomic mass is 9.94. The van der Waals surface area contributed by atoms with E-state index in [4.69, 9.17) is 4.74 Å². The predicted octanol–water partition coefficient (Wildman–Crippen LogP) is 5.21. The molecule has 1 heteroatoms. The molecule has 1 nitrogen and oxygen atoms in total. The lowest BCUT2D eigenvalue weighted by molar-refractivity contribution is 0.0476. The third-order valence-electron chi connectivity index (χ3n) is 3.63. The first kappa shape index (κ1) is 13.6. The van der Waals surface area contributed by atoms with Gasteiger partial charge in [0.05, 0.1) is 5.76 Å². The molecule has 0 aromatic carbocycles. The van der Waals surface area contributed by atoms with E-state index in [1.54, 1.807) is 0 Å². The molecule has 0 spiro atoms. The monoisotopic (exact) mass is 224 g/mol. The highest BCUT2D eigenvalue weighted by molar-refractivity contribution is 4.97. The highest BCUT2D eigenvalue weighted by atomic mass is 16.5. The van der Waals surface area contributed by atoms with Crippen molar-refractivity contribution in [2.45, 2.75) is 83.7 Å². The number of hydrogen-bond acceptors (Lipinski definition) is 1. The summed E-state index contributed by atoms with van der Waals surface area (Å²) in [5.41, 5.74) is 0.112. The Kier molecular flexibility index (Phi) is 5.94. The summed E-state index contributed by atoms with van der Waals surface area (Å²) in [7, 11) is 0. The van der Waals surface area contributed by atoms with Crippen molar-refractivity contribution in [1.82, 2.24) is 0 Å². The second-order valence-corrected chi connectivity index (χ2v) is 5.46. The molecule has 0 N–H and O–H groups in total. The average Bonchev–Trinajstić information content (AvgIpc) is 2.58. The highest BCUT2D eigenvalue weighted by Crippen LogP contribution is 2.35. The van der Waals surface area contributed by atoms with Gasteiger partial charge >= 0.3 is 0 Å². The van der Waals surface area contributed by atoms with E-state index in [9.17, 15) is 0 Å². The van der Waals surface area contributed by atoms with Crippen LogP contribution in [0.4, 0.5) is 0 Å². The highest BCUT2D eigenvalue weighted by Gasteiger charge is 2.31. The zero-order valence-corrected chi connectivity index (χ0v) is 11.2. The van der Waals surface area contributed by atoms with Gasteiger partial charge in [0.25, 0.3) is 0 Å². The van der Waals surface area contributed by atoms with Gasteiger partial charge in [-0.3, -0.25) is 0 Å². The SMILES string of the molecule is C=C1CCC(C)(CCCCCCCCC)O1. The van der Waals surface area contributed by atoms with Crippen LogP contribution in [0.15, 0.2) is 12.3 Å². The molecule has 0 aromatic heterocycles. The summed E-state index contributed by atoms with van der Waals surface area (Å²) in [5.74, 6) is 0.991. The first-order valence-electron chi connectivity index (χ1n) is 7.03. The van der Waals surface area contributed by atoms with Crippen molar-refractivity contribution in [3.05, 3.63) is 12.3 Å². The molecular formula is C15H28O. The van der Waals surface area contributed by atoms with Crippen LogP contribution >= 0.6 is 0 Å².